The van der Waals surface area contributed by atoms with Crippen molar-refractivity contribution in [3.8, 4) is 11.4 Å². The standard InChI is InChI=1S/C24H27N7OS2/c1-2-31-21(16-7-9-25-10-8-16)28-29-24(31)34-23-20-17-5-3-4-6-18(17)33-22(20)26-19(27-23)15-30-11-13-32-14-12-30/h7-10H,2-6,11-15H2,1H3. The van der Waals surface area contributed by atoms with Crippen LogP contribution in [0.1, 0.15) is 36.0 Å². The van der Waals surface area contributed by atoms with Crippen LogP contribution in [0.5, 0.6) is 0 Å². The summed E-state index contributed by atoms with van der Waals surface area (Å²) in [7, 11) is 0. The lowest BCUT2D eigenvalue weighted by Gasteiger charge is -2.25. The SMILES string of the molecule is CCn1c(Sc2nc(CN3CCOCC3)nc3sc4c(c23)CCCC4)nnc1-c1ccncc1. The Morgan fingerprint density at radius 2 is 1.88 bits per heavy atom. The zero-order valence-corrected chi connectivity index (χ0v) is 20.9. The molecule has 5 heterocycles. The smallest absolute Gasteiger partial charge is 0.197 e. The van der Waals surface area contributed by atoms with E-state index in [9.17, 15) is 0 Å². The third kappa shape index (κ3) is 4.24. The van der Waals surface area contributed by atoms with Crippen LogP contribution in [0.4, 0.5) is 0 Å². The van der Waals surface area contributed by atoms with Crippen LogP contribution in [0.2, 0.25) is 0 Å². The van der Waals surface area contributed by atoms with Gasteiger partial charge in [-0.15, -0.1) is 21.5 Å². The molecule has 4 aromatic rings. The number of aromatic nitrogens is 6. The topological polar surface area (TPSA) is 81.9 Å². The quantitative estimate of drug-likeness (QED) is 0.369. The first-order chi connectivity index (χ1) is 16.8. The van der Waals surface area contributed by atoms with Gasteiger partial charge in [-0.25, -0.2) is 9.97 Å². The Bertz CT molecular complexity index is 1300. The lowest BCUT2D eigenvalue weighted by Crippen LogP contribution is -2.36. The number of hydrogen-bond acceptors (Lipinski definition) is 9. The highest BCUT2D eigenvalue weighted by Crippen LogP contribution is 2.41. The summed E-state index contributed by atoms with van der Waals surface area (Å²) in [6, 6.07) is 3.95. The van der Waals surface area contributed by atoms with Crippen molar-refractivity contribution < 1.29 is 4.74 Å². The average molecular weight is 494 g/mol. The molecule has 176 valence electrons. The van der Waals surface area contributed by atoms with Gasteiger partial charge in [0.25, 0.3) is 0 Å². The maximum atomic E-state index is 5.52. The molecule has 6 rings (SSSR count). The van der Waals surface area contributed by atoms with Gasteiger partial charge in [-0.05, 0) is 62.1 Å². The molecule has 0 atom stereocenters. The third-order valence-electron chi connectivity index (χ3n) is 6.46. The van der Waals surface area contributed by atoms with Gasteiger partial charge in [-0.2, -0.15) is 0 Å². The fourth-order valence-electron chi connectivity index (χ4n) is 4.72. The van der Waals surface area contributed by atoms with Crippen molar-refractivity contribution in [1.82, 2.24) is 34.6 Å². The van der Waals surface area contributed by atoms with Crippen molar-refractivity contribution >= 4 is 33.3 Å². The van der Waals surface area contributed by atoms with Gasteiger partial charge in [0.05, 0.1) is 19.8 Å². The van der Waals surface area contributed by atoms with Gasteiger partial charge in [0.1, 0.15) is 15.7 Å². The van der Waals surface area contributed by atoms with E-state index in [1.807, 2.05) is 23.5 Å². The Hall–Kier alpha value is -2.40. The average Bonchev–Trinajstić information content (AvgIpc) is 3.46. The maximum Gasteiger partial charge on any atom is 0.197 e. The molecule has 34 heavy (non-hydrogen) atoms. The Morgan fingerprint density at radius 3 is 2.71 bits per heavy atom. The molecule has 0 spiro atoms. The van der Waals surface area contributed by atoms with E-state index in [1.165, 1.54) is 28.7 Å². The van der Waals surface area contributed by atoms with Crippen LogP contribution in [-0.4, -0.2) is 60.9 Å². The lowest BCUT2D eigenvalue weighted by atomic mass is 9.97. The van der Waals surface area contributed by atoms with Crippen molar-refractivity contribution in [1.29, 1.82) is 0 Å². The number of hydrogen-bond donors (Lipinski definition) is 0. The van der Waals surface area contributed by atoms with Gasteiger partial charge < -0.3 is 9.30 Å². The molecular formula is C24H27N7OS2. The number of rotatable bonds is 6. The van der Waals surface area contributed by atoms with Crippen molar-refractivity contribution in [3.63, 3.8) is 0 Å². The highest BCUT2D eigenvalue weighted by atomic mass is 32.2. The predicted octanol–water partition coefficient (Wildman–Crippen LogP) is 4.23. The van der Waals surface area contributed by atoms with E-state index < -0.39 is 0 Å². The number of pyridine rings is 1. The van der Waals surface area contributed by atoms with Crippen LogP contribution in [0.25, 0.3) is 21.6 Å². The number of ether oxygens (including phenoxy) is 1. The zero-order valence-electron chi connectivity index (χ0n) is 19.2. The van der Waals surface area contributed by atoms with Gasteiger partial charge in [0.15, 0.2) is 11.0 Å². The first-order valence-electron chi connectivity index (χ1n) is 11.9. The number of fused-ring (bicyclic) bond motifs is 3. The summed E-state index contributed by atoms with van der Waals surface area (Å²) < 4.78 is 7.68. The molecule has 0 N–H and O–H groups in total. The number of morpholine rings is 1. The van der Waals surface area contributed by atoms with Gasteiger partial charge >= 0.3 is 0 Å². The molecule has 0 unspecified atom stereocenters. The summed E-state index contributed by atoms with van der Waals surface area (Å²) in [6.07, 6.45) is 8.33. The Kier molecular flexibility index (Phi) is 6.30. The van der Waals surface area contributed by atoms with Gasteiger partial charge in [-0.1, -0.05) is 0 Å². The Morgan fingerprint density at radius 1 is 1.06 bits per heavy atom. The molecule has 1 aliphatic heterocycles. The predicted molar refractivity (Wildman–Crippen MR) is 133 cm³/mol. The highest BCUT2D eigenvalue weighted by Gasteiger charge is 2.24. The molecule has 2 aliphatic rings. The second kappa shape index (κ2) is 9.69. The van der Waals surface area contributed by atoms with Crippen molar-refractivity contribution in [2.24, 2.45) is 0 Å². The van der Waals surface area contributed by atoms with Crippen LogP contribution < -0.4 is 0 Å². The van der Waals surface area contributed by atoms with Crippen LogP contribution in [-0.2, 0) is 30.7 Å². The van der Waals surface area contributed by atoms with E-state index in [2.05, 4.69) is 31.6 Å². The number of aryl methyl sites for hydroxylation is 2. The van der Waals surface area contributed by atoms with Crippen molar-refractivity contribution in [2.75, 3.05) is 26.3 Å². The fraction of sp³-hybridized carbons (Fsp3) is 0.458. The zero-order chi connectivity index (χ0) is 22.9. The van der Waals surface area contributed by atoms with Crippen LogP contribution in [0, 0.1) is 0 Å². The first kappa shape index (κ1) is 22.1. The summed E-state index contributed by atoms with van der Waals surface area (Å²) in [5.41, 5.74) is 2.47. The van der Waals surface area contributed by atoms with E-state index in [1.54, 1.807) is 24.2 Å². The monoisotopic (exact) mass is 493 g/mol. The van der Waals surface area contributed by atoms with Crippen LogP contribution in [0.3, 0.4) is 0 Å². The summed E-state index contributed by atoms with van der Waals surface area (Å²) in [6.45, 7) is 7.04. The van der Waals surface area contributed by atoms with E-state index >= 15 is 0 Å². The summed E-state index contributed by atoms with van der Waals surface area (Å²) >= 11 is 3.48. The molecule has 0 aromatic carbocycles. The van der Waals surface area contributed by atoms with Crippen molar-refractivity contribution in [3.05, 3.63) is 40.8 Å². The largest absolute Gasteiger partial charge is 0.379 e. The molecule has 1 fully saturated rings. The Labute approximate surface area is 206 Å². The molecular weight excluding hydrogens is 466 g/mol. The molecule has 10 heteroatoms. The molecule has 0 radical (unpaired) electrons. The molecule has 8 nitrogen and oxygen atoms in total. The van der Waals surface area contributed by atoms with E-state index in [-0.39, 0.29) is 0 Å². The normalized spacial score (nSPS) is 16.7. The number of thiophene rings is 1. The minimum Gasteiger partial charge on any atom is -0.379 e. The van der Waals surface area contributed by atoms with E-state index in [4.69, 9.17) is 14.7 Å². The van der Waals surface area contributed by atoms with Gasteiger partial charge in [0, 0.05) is 47.9 Å². The minimum absolute atomic E-state index is 0.748. The molecule has 0 bridgehead atoms. The summed E-state index contributed by atoms with van der Waals surface area (Å²) in [5, 5.41) is 12.2. The van der Waals surface area contributed by atoms with E-state index in [0.717, 1.165) is 84.5 Å². The second-order valence-electron chi connectivity index (χ2n) is 8.61. The van der Waals surface area contributed by atoms with Crippen LogP contribution >= 0.6 is 23.1 Å². The molecule has 4 aromatic heterocycles. The molecule has 0 amide bonds. The maximum absolute atomic E-state index is 5.52. The van der Waals surface area contributed by atoms with Gasteiger partial charge in [0.2, 0.25) is 0 Å². The lowest BCUT2D eigenvalue weighted by molar-refractivity contribution is 0.0330. The minimum atomic E-state index is 0.748. The summed E-state index contributed by atoms with van der Waals surface area (Å²) in [4.78, 5) is 19.3. The first-order valence-corrected chi connectivity index (χ1v) is 13.6. The molecule has 0 saturated carbocycles. The van der Waals surface area contributed by atoms with Crippen LogP contribution in [0.15, 0.2) is 34.7 Å². The second-order valence-corrected chi connectivity index (χ2v) is 10.7. The Balaban J connectivity index is 1.41. The van der Waals surface area contributed by atoms with Crippen molar-refractivity contribution in [2.45, 2.75) is 55.9 Å². The number of nitrogens with zero attached hydrogens (tertiary/aromatic N) is 7. The summed E-state index contributed by atoms with van der Waals surface area (Å²) in [5.74, 6) is 1.74. The molecule has 1 saturated heterocycles. The van der Waals surface area contributed by atoms with E-state index in [0.29, 0.717) is 0 Å². The van der Waals surface area contributed by atoms with Gasteiger partial charge in [-0.3, -0.25) is 9.88 Å². The fourth-order valence-corrected chi connectivity index (χ4v) is 7.12. The molecule has 1 aliphatic carbocycles. The highest BCUT2D eigenvalue weighted by molar-refractivity contribution is 7.99. The third-order valence-corrected chi connectivity index (χ3v) is 8.62.